The van der Waals surface area contributed by atoms with Crippen molar-refractivity contribution in [2.24, 2.45) is 0 Å². The average molecular weight is 348 g/mol. The molecule has 0 fully saturated rings. The minimum atomic E-state index is -4.77. The molecule has 4 rings (SSSR count). The van der Waals surface area contributed by atoms with Gasteiger partial charge in [-0.05, 0) is 24.3 Å². The van der Waals surface area contributed by atoms with Gasteiger partial charge in [0.2, 0.25) is 0 Å². The first-order valence-corrected chi connectivity index (χ1v) is 6.90. The Bertz CT molecular complexity index is 1240. The van der Waals surface area contributed by atoms with Crippen LogP contribution in [-0.2, 0) is 6.18 Å². The van der Waals surface area contributed by atoms with E-state index in [1.54, 1.807) is 12.1 Å². The van der Waals surface area contributed by atoms with E-state index in [9.17, 15) is 22.8 Å². The summed E-state index contributed by atoms with van der Waals surface area (Å²) < 4.78 is 40.1. The Hall–Kier alpha value is -3.50. The summed E-state index contributed by atoms with van der Waals surface area (Å²) in [5.74, 6) is -1.54. The third-order valence-corrected chi connectivity index (χ3v) is 3.55. The Morgan fingerprint density at radius 2 is 1.68 bits per heavy atom. The largest absolute Gasteiger partial charge is 0.453 e. The van der Waals surface area contributed by atoms with E-state index in [0.717, 1.165) is 4.68 Å². The van der Waals surface area contributed by atoms with E-state index in [1.165, 1.54) is 24.3 Å². The first-order valence-electron chi connectivity index (χ1n) is 6.90. The van der Waals surface area contributed by atoms with Crippen molar-refractivity contribution in [1.29, 1.82) is 0 Å². The molecule has 0 radical (unpaired) electrons. The standard InChI is InChI=1S/C14H7F3N6O2/c15-14(16,17)13-19-18-9-5-6-10(20-23(9)13)22-12(25)8-4-2-1-3-7(8)11(24)21-22/h1-6H,(H,21,24). The number of halogens is 3. The van der Waals surface area contributed by atoms with E-state index in [0.29, 0.717) is 4.52 Å². The summed E-state index contributed by atoms with van der Waals surface area (Å²) in [6, 6.07) is 8.56. The monoisotopic (exact) mass is 348 g/mol. The summed E-state index contributed by atoms with van der Waals surface area (Å²) in [4.78, 5) is 24.6. The smallest absolute Gasteiger partial charge is 0.267 e. The Balaban J connectivity index is 2.02. The molecule has 0 unspecified atom stereocenters. The summed E-state index contributed by atoms with van der Waals surface area (Å²) >= 11 is 0. The van der Waals surface area contributed by atoms with Crippen LogP contribution in [0.1, 0.15) is 5.82 Å². The van der Waals surface area contributed by atoms with Crippen LogP contribution in [0.15, 0.2) is 46.0 Å². The second-order valence-corrected chi connectivity index (χ2v) is 5.11. The fourth-order valence-corrected chi connectivity index (χ4v) is 2.44. The van der Waals surface area contributed by atoms with Gasteiger partial charge in [0.1, 0.15) is 0 Å². The number of H-pyrrole nitrogens is 1. The van der Waals surface area contributed by atoms with Gasteiger partial charge in [0.05, 0.1) is 10.8 Å². The van der Waals surface area contributed by atoms with Crippen LogP contribution < -0.4 is 11.1 Å². The second-order valence-electron chi connectivity index (χ2n) is 5.11. The number of benzene rings is 1. The Morgan fingerprint density at radius 1 is 0.960 bits per heavy atom. The number of alkyl halides is 3. The average Bonchev–Trinajstić information content (AvgIpc) is 3.01. The maximum Gasteiger partial charge on any atom is 0.453 e. The lowest BCUT2D eigenvalue weighted by molar-refractivity contribution is -0.146. The van der Waals surface area contributed by atoms with Crippen molar-refractivity contribution in [1.82, 2.24) is 29.6 Å². The van der Waals surface area contributed by atoms with Crippen molar-refractivity contribution in [3.8, 4) is 5.82 Å². The van der Waals surface area contributed by atoms with Crippen molar-refractivity contribution >= 4 is 16.4 Å². The minimum absolute atomic E-state index is 0.118. The highest BCUT2D eigenvalue weighted by Gasteiger charge is 2.37. The molecule has 11 heteroatoms. The number of aromatic nitrogens is 6. The van der Waals surface area contributed by atoms with Gasteiger partial charge in [0, 0.05) is 0 Å². The molecule has 126 valence electrons. The lowest BCUT2D eigenvalue weighted by Gasteiger charge is -2.07. The van der Waals surface area contributed by atoms with Gasteiger partial charge < -0.3 is 0 Å². The van der Waals surface area contributed by atoms with Crippen molar-refractivity contribution < 1.29 is 13.2 Å². The van der Waals surface area contributed by atoms with Crippen LogP contribution in [0.25, 0.3) is 22.2 Å². The van der Waals surface area contributed by atoms with Gasteiger partial charge in [-0.2, -0.15) is 22.4 Å². The van der Waals surface area contributed by atoms with E-state index in [4.69, 9.17) is 0 Å². The Morgan fingerprint density at radius 3 is 2.40 bits per heavy atom. The lowest BCUT2D eigenvalue weighted by atomic mass is 10.2. The molecule has 0 bridgehead atoms. The SMILES string of the molecule is O=c1[nH]n(-c2ccc3nnc(C(F)(F)F)n3n2)c(=O)c2ccccc12. The predicted molar refractivity (Wildman–Crippen MR) is 79.5 cm³/mol. The van der Waals surface area contributed by atoms with Crippen molar-refractivity contribution in [3.63, 3.8) is 0 Å². The van der Waals surface area contributed by atoms with Gasteiger partial charge in [-0.1, -0.05) is 12.1 Å². The van der Waals surface area contributed by atoms with E-state index >= 15 is 0 Å². The van der Waals surface area contributed by atoms with Crippen LogP contribution >= 0.6 is 0 Å². The molecule has 4 aromatic rings. The van der Waals surface area contributed by atoms with Crippen LogP contribution in [-0.4, -0.2) is 29.6 Å². The highest BCUT2D eigenvalue weighted by Crippen LogP contribution is 2.27. The van der Waals surface area contributed by atoms with Gasteiger partial charge in [0.15, 0.2) is 11.5 Å². The van der Waals surface area contributed by atoms with Gasteiger partial charge in [-0.15, -0.1) is 15.3 Å². The zero-order valence-electron chi connectivity index (χ0n) is 12.2. The molecule has 1 aromatic carbocycles. The van der Waals surface area contributed by atoms with E-state index < -0.39 is 23.1 Å². The lowest BCUT2D eigenvalue weighted by Crippen LogP contribution is -2.29. The summed E-state index contributed by atoms with van der Waals surface area (Å²) in [6.45, 7) is 0. The van der Waals surface area contributed by atoms with Gasteiger partial charge >= 0.3 is 6.18 Å². The number of nitrogens with zero attached hydrogens (tertiary/aromatic N) is 5. The normalized spacial score (nSPS) is 12.1. The molecule has 0 atom stereocenters. The first kappa shape index (κ1) is 15.1. The predicted octanol–water partition coefficient (Wildman–Crippen LogP) is 1.14. The molecule has 0 saturated heterocycles. The number of aromatic amines is 1. The zero-order valence-corrected chi connectivity index (χ0v) is 12.2. The fourth-order valence-electron chi connectivity index (χ4n) is 2.44. The van der Waals surface area contributed by atoms with Crippen molar-refractivity contribution in [3.05, 3.63) is 62.9 Å². The van der Waals surface area contributed by atoms with Crippen LogP contribution in [0, 0.1) is 0 Å². The molecule has 0 saturated carbocycles. The van der Waals surface area contributed by atoms with Crippen LogP contribution in [0.3, 0.4) is 0 Å². The number of nitrogens with one attached hydrogen (secondary N) is 1. The second kappa shape index (κ2) is 5.00. The topological polar surface area (TPSA) is 97.9 Å². The molecule has 25 heavy (non-hydrogen) atoms. The van der Waals surface area contributed by atoms with Crippen molar-refractivity contribution in [2.75, 3.05) is 0 Å². The summed E-state index contributed by atoms with van der Waals surface area (Å²) in [7, 11) is 0. The summed E-state index contributed by atoms with van der Waals surface area (Å²) in [5, 5.41) is 12.8. The number of fused-ring (bicyclic) bond motifs is 2. The fraction of sp³-hybridized carbons (Fsp3) is 0.0714. The van der Waals surface area contributed by atoms with E-state index in [1.807, 2.05) is 0 Å². The molecule has 0 amide bonds. The Labute approximate surface area is 135 Å². The van der Waals surface area contributed by atoms with Crippen LogP contribution in [0.5, 0.6) is 0 Å². The van der Waals surface area contributed by atoms with Crippen LogP contribution in [0.2, 0.25) is 0 Å². The molecule has 1 N–H and O–H groups in total. The highest BCUT2D eigenvalue weighted by molar-refractivity contribution is 5.80. The van der Waals surface area contributed by atoms with Crippen LogP contribution in [0.4, 0.5) is 13.2 Å². The maximum absolute atomic E-state index is 12.9. The molecule has 0 spiro atoms. The summed E-state index contributed by atoms with van der Waals surface area (Å²) in [5.41, 5.74) is -1.34. The van der Waals surface area contributed by atoms with Crippen molar-refractivity contribution in [2.45, 2.75) is 6.18 Å². The van der Waals surface area contributed by atoms with E-state index in [-0.39, 0.29) is 22.2 Å². The van der Waals surface area contributed by atoms with E-state index in [2.05, 4.69) is 20.4 Å². The third-order valence-electron chi connectivity index (χ3n) is 3.55. The molecular weight excluding hydrogens is 341 g/mol. The third kappa shape index (κ3) is 2.28. The number of hydrogen-bond donors (Lipinski definition) is 1. The van der Waals surface area contributed by atoms with Gasteiger partial charge in [-0.25, -0.2) is 0 Å². The number of rotatable bonds is 1. The molecule has 3 aromatic heterocycles. The molecule has 0 aliphatic rings. The molecule has 0 aliphatic heterocycles. The molecule has 8 nitrogen and oxygen atoms in total. The maximum atomic E-state index is 12.9. The number of hydrogen-bond acceptors (Lipinski definition) is 5. The molecule has 3 heterocycles. The highest BCUT2D eigenvalue weighted by atomic mass is 19.4. The van der Waals surface area contributed by atoms with Gasteiger partial charge in [0.25, 0.3) is 16.9 Å². The summed E-state index contributed by atoms with van der Waals surface area (Å²) in [6.07, 6.45) is -4.77. The molecular formula is C14H7F3N6O2. The minimum Gasteiger partial charge on any atom is -0.267 e. The van der Waals surface area contributed by atoms with Gasteiger partial charge in [-0.3, -0.25) is 14.7 Å². The molecule has 0 aliphatic carbocycles. The quantitative estimate of drug-likeness (QED) is 0.556. The zero-order chi connectivity index (χ0) is 17.8. The Kier molecular flexibility index (Phi) is 3.01. The first-order chi connectivity index (χ1) is 11.9.